The molecule has 0 spiro atoms. The minimum Gasteiger partial charge on any atom is -0.497 e. The fourth-order valence-electron chi connectivity index (χ4n) is 3.76. The minimum absolute atomic E-state index is 0.0355. The Hall–Kier alpha value is -3.29. The lowest BCUT2D eigenvalue weighted by Gasteiger charge is -2.32. The Kier molecular flexibility index (Phi) is 5.50. The fourth-order valence-corrected chi connectivity index (χ4v) is 3.76. The molecule has 3 heterocycles. The number of pyridine rings is 1. The lowest BCUT2D eigenvalue weighted by molar-refractivity contribution is -0.125. The molecule has 0 saturated carbocycles. The molecule has 8 nitrogen and oxygen atoms in total. The summed E-state index contributed by atoms with van der Waals surface area (Å²) in [6.45, 7) is 1.88. The van der Waals surface area contributed by atoms with E-state index in [1.165, 1.54) is 0 Å². The number of carbonyl (C=O) groups excluding carboxylic acids is 1. The lowest BCUT2D eigenvalue weighted by Crippen LogP contribution is -2.43. The van der Waals surface area contributed by atoms with E-state index in [1.54, 1.807) is 14.2 Å². The van der Waals surface area contributed by atoms with Crippen LogP contribution < -0.4 is 19.7 Å². The average molecular weight is 395 g/mol. The SMILES string of the molecule is COc1ccc(OC)c(CNC(=O)C2CCCN(c3nnc4ccccn34)C2)c1. The lowest BCUT2D eigenvalue weighted by atomic mass is 9.97. The third-order valence-corrected chi connectivity index (χ3v) is 5.31. The molecule has 1 saturated heterocycles. The Morgan fingerprint density at radius 3 is 2.93 bits per heavy atom. The van der Waals surface area contributed by atoms with Crippen LogP contribution in [0.25, 0.3) is 5.65 Å². The number of nitrogens with zero attached hydrogens (tertiary/aromatic N) is 4. The molecule has 0 aliphatic carbocycles. The molecule has 1 unspecified atom stereocenters. The van der Waals surface area contributed by atoms with Crippen molar-refractivity contribution < 1.29 is 14.3 Å². The van der Waals surface area contributed by atoms with Gasteiger partial charge >= 0.3 is 0 Å². The molecular weight excluding hydrogens is 370 g/mol. The van der Waals surface area contributed by atoms with E-state index < -0.39 is 0 Å². The smallest absolute Gasteiger partial charge is 0.231 e. The van der Waals surface area contributed by atoms with Gasteiger partial charge in [0.05, 0.1) is 20.1 Å². The van der Waals surface area contributed by atoms with E-state index in [0.717, 1.165) is 48.0 Å². The Balaban J connectivity index is 1.43. The molecule has 1 N–H and O–H groups in total. The molecule has 8 heteroatoms. The number of aromatic nitrogens is 3. The van der Waals surface area contributed by atoms with E-state index >= 15 is 0 Å². The summed E-state index contributed by atoms with van der Waals surface area (Å²) in [4.78, 5) is 15.0. The predicted octanol–water partition coefficient (Wildman–Crippen LogP) is 2.28. The highest BCUT2D eigenvalue weighted by atomic mass is 16.5. The number of hydrogen-bond acceptors (Lipinski definition) is 6. The van der Waals surface area contributed by atoms with Crippen LogP contribution in [0.2, 0.25) is 0 Å². The molecule has 152 valence electrons. The Morgan fingerprint density at radius 2 is 2.10 bits per heavy atom. The number of benzene rings is 1. The van der Waals surface area contributed by atoms with Gasteiger partial charge in [0.15, 0.2) is 5.65 Å². The minimum atomic E-state index is -0.101. The van der Waals surface area contributed by atoms with Gasteiger partial charge in [-0.2, -0.15) is 0 Å². The van der Waals surface area contributed by atoms with Crippen molar-refractivity contribution in [2.75, 3.05) is 32.2 Å². The Morgan fingerprint density at radius 1 is 1.21 bits per heavy atom. The number of amides is 1. The summed E-state index contributed by atoms with van der Waals surface area (Å²) in [6.07, 6.45) is 3.74. The van der Waals surface area contributed by atoms with Gasteiger partial charge in [-0.25, -0.2) is 0 Å². The molecule has 2 aromatic heterocycles. The van der Waals surface area contributed by atoms with Gasteiger partial charge in [0.25, 0.3) is 0 Å². The second kappa shape index (κ2) is 8.38. The molecule has 1 aliphatic rings. The maximum atomic E-state index is 12.9. The zero-order chi connectivity index (χ0) is 20.2. The molecule has 1 amide bonds. The van der Waals surface area contributed by atoms with Crippen LogP contribution >= 0.6 is 0 Å². The van der Waals surface area contributed by atoms with Gasteiger partial charge in [-0.3, -0.25) is 9.20 Å². The number of piperidine rings is 1. The fraction of sp³-hybridized carbons (Fsp3) is 0.381. The summed E-state index contributed by atoms with van der Waals surface area (Å²) < 4.78 is 12.6. The van der Waals surface area contributed by atoms with Gasteiger partial charge in [-0.05, 0) is 43.2 Å². The summed E-state index contributed by atoms with van der Waals surface area (Å²) in [7, 11) is 3.24. The molecule has 1 atom stereocenters. The maximum absolute atomic E-state index is 12.9. The Labute approximate surface area is 169 Å². The first-order valence-electron chi connectivity index (χ1n) is 9.73. The number of carbonyl (C=O) groups is 1. The molecule has 1 aromatic carbocycles. The van der Waals surface area contributed by atoms with E-state index in [9.17, 15) is 4.79 Å². The number of hydrogen-bond donors (Lipinski definition) is 1. The summed E-state index contributed by atoms with van der Waals surface area (Å²) in [5, 5.41) is 11.6. The topological polar surface area (TPSA) is 81.0 Å². The van der Waals surface area contributed by atoms with Crippen molar-refractivity contribution in [2.24, 2.45) is 5.92 Å². The number of methoxy groups -OCH3 is 2. The van der Waals surface area contributed by atoms with Crippen LogP contribution in [-0.2, 0) is 11.3 Å². The monoisotopic (exact) mass is 395 g/mol. The van der Waals surface area contributed by atoms with Gasteiger partial charge in [0.1, 0.15) is 11.5 Å². The van der Waals surface area contributed by atoms with E-state index in [-0.39, 0.29) is 11.8 Å². The largest absolute Gasteiger partial charge is 0.497 e. The van der Waals surface area contributed by atoms with Gasteiger partial charge in [0.2, 0.25) is 11.9 Å². The van der Waals surface area contributed by atoms with Crippen LogP contribution in [0.1, 0.15) is 18.4 Å². The number of fused-ring (bicyclic) bond motifs is 1. The van der Waals surface area contributed by atoms with E-state index in [1.807, 2.05) is 47.0 Å². The van der Waals surface area contributed by atoms with Crippen LogP contribution in [0.5, 0.6) is 11.5 Å². The number of anilines is 1. The first-order chi connectivity index (χ1) is 14.2. The van der Waals surface area contributed by atoms with Gasteiger partial charge < -0.3 is 19.7 Å². The first-order valence-corrected chi connectivity index (χ1v) is 9.73. The highest BCUT2D eigenvalue weighted by Crippen LogP contribution is 2.25. The summed E-state index contributed by atoms with van der Waals surface area (Å²) in [5.74, 6) is 2.18. The van der Waals surface area contributed by atoms with Gasteiger partial charge in [-0.1, -0.05) is 6.07 Å². The summed E-state index contributed by atoms with van der Waals surface area (Å²) >= 11 is 0. The highest BCUT2D eigenvalue weighted by Gasteiger charge is 2.28. The van der Waals surface area contributed by atoms with Gasteiger partial charge in [-0.15, -0.1) is 10.2 Å². The number of rotatable bonds is 6. The Bertz CT molecular complexity index is 1000. The normalized spacial score (nSPS) is 16.6. The molecule has 4 rings (SSSR count). The third-order valence-electron chi connectivity index (χ3n) is 5.31. The van der Waals surface area contributed by atoms with Crippen molar-refractivity contribution in [2.45, 2.75) is 19.4 Å². The van der Waals surface area contributed by atoms with E-state index in [2.05, 4.69) is 20.4 Å². The average Bonchev–Trinajstić information content (AvgIpc) is 3.21. The molecule has 1 fully saturated rings. The second-order valence-corrected chi connectivity index (χ2v) is 7.11. The zero-order valence-electron chi connectivity index (χ0n) is 16.7. The van der Waals surface area contributed by atoms with Crippen LogP contribution in [0, 0.1) is 5.92 Å². The third kappa shape index (κ3) is 3.96. The molecule has 0 radical (unpaired) electrons. The number of ether oxygens (including phenoxy) is 2. The molecule has 1 aliphatic heterocycles. The van der Waals surface area contributed by atoms with Crippen molar-refractivity contribution in [3.8, 4) is 11.5 Å². The molecule has 3 aromatic rings. The van der Waals surface area contributed by atoms with Crippen molar-refractivity contribution >= 4 is 17.5 Å². The molecule has 0 bridgehead atoms. The van der Waals surface area contributed by atoms with Crippen molar-refractivity contribution in [1.29, 1.82) is 0 Å². The summed E-state index contributed by atoms with van der Waals surface area (Å²) in [6, 6.07) is 11.4. The van der Waals surface area contributed by atoms with E-state index in [0.29, 0.717) is 13.1 Å². The number of nitrogens with one attached hydrogen (secondary N) is 1. The van der Waals surface area contributed by atoms with Crippen LogP contribution in [0.15, 0.2) is 42.6 Å². The maximum Gasteiger partial charge on any atom is 0.231 e. The first kappa shape index (κ1) is 19.0. The zero-order valence-corrected chi connectivity index (χ0v) is 16.7. The van der Waals surface area contributed by atoms with Crippen molar-refractivity contribution in [3.63, 3.8) is 0 Å². The van der Waals surface area contributed by atoms with Crippen molar-refractivity contribution in [3.05, 3.63) is 48.2 Å². The van der Waals surface area contributed by atoms with E-state index in [4.69, 9.17) is 9.47 Å². The standard InChI is InChI=1S/C21H25N5O3/c1-28-17-8-9-18(29-2)16(12-17)13-22-20(27)15-6-5-10-25(14-15)21-24-23-19-7-3-4-11-26(19)21/h3-4,7-9,11-12,15H,5-6,10,13-14H2,1-2H3,(H,22,27). The van der Waals surface area contributed by atoms with Gasteiger partial charge in [0, 0.05) is 31.4 Å². The second-order valence-electron chi connectivity index (χ2n) is 7.11. The summed E-state index contributed by atoms with van der Waals surface area (Å²) in [5.41, 5.74) is 1.69. The van der Waals surface area contributed by atoms with Crippen LogP contribution in [0.4, 0.5) is 5.95 Å². The molecular formula is C21H25N5O3. The predicted molar refractivity (Wildman–Crippen MR) is 109 cm³/mol. The van der Waals surface area contributed by atoms with Crippen LogP contribution in [0.3, 0.4) is 0 Å². The quantitative estimate of drug-likeness (QED) is 0.690. The van der Waals surface area contributed by atoms with Crippen molar-refractivity contribution in [1.82, 2.24) is 19.9 Å². The van der Waals surface area contributed by atoms with Crippen LogP contribution in [-0.4, -0.2) is 47.8 Å². The molecule has 29 heavy (non-hydrogen) atoms. The highest BCUT2D eigenvalue weighted by molar-refractivity contribution is 5.79.